The van der Waals surface area contributed by atoms with E-state index >= 15 is 0 Å². The first-order chi connectivity index (χ1) is 15.1. The SMILES string of the molecule is NC(=O)c1cccc2c1CC(N(CCCc1c[nH]c3ccc(F)cc13)CC1CC1)CO2. The smallest absolute Gasteiger partial charge is 0.249 e. The molecule has 162 valence electrons. The lowest BCUT2D eigenvalue weighted by atomic mass is 9.95. The number of nitrogens with zero attached hydrogens (tertiary/aromatic N) is 1. The van der Waals surface area contributed by atoms with Gasteiger partial charge in [0.1, 0.15) is 18.2 Å². The number of carbonyl (C=O) groups excluding carboxylic acids is 1. The number of nitrogens with one attached hydrogen (secondary N) is 1. The summed E-state index contributed by atoms with van der Waals surface area (Å²) in [5.74, 6) is 0.933. The third kappa shape index (κ3) is 4.30. The molecule has 2 aliphatic rings. The van der Waals surface area contributed by atoms with Gasteiger partial charge in [-0.25, -0.2) is 4.39 Å². The summed E-state index contributed by atoms with van der Waals surface area (Å²) in [7, 11) is 0. The van der Waals surface area contributed by atoms with Crippen LogP contribution >= 0.6 is 0 Å². The highest BCUT2D eigenvalue weighted by atomic mass is 19.1. The Hall–Kier alpha value is -2.86. The number of aromatic amines is 1. The van der Waals surface area contributed by atoms with Crippen molar-refractivity contribution in [3.8, 4) is 5.75 Å². The van der Waals surface area contributed by atoms with E-state index in [0.29, 0.717) is 12.2 Å². The largest absolute Gasteiger partial charge is 0.492 e. The number of carbonyl (C=O) groups is 1. The fourth-order valence-electron chi connectivity index (χ4n) is 4.74. The highest BCUT2D eigenvalue weighted by Gasteiger charge is 2.32. The molecule has 5 rings (SSSR count). The zero-order valence-corrected chi connectivity index (χ0v) is 17.6. The quantitative estimate of drug-likeness (QED) is 0.576. The number of nitrogens with two attached hydrogens (primary N) is 1. The number of aromatic nitrogens is 1. The van der Waals surface area contributed by atoms with Gasteiger partial charge >= 0.3 is 0 Å². The normalized spacial score (nSPS) is 18.2. The van der Waals surface area contributed by atoms with Crippen molar-refractivity contribution in [1.82, 2.24) is 9.88 Å². The van der Waals surface area contributed by atoms with E-state index in [9.17, 15) is 9.18 Å². The van der Waals surface area contributed by atoms with Crippen molar-refractivity contribution in [3.05, 3.63) is 65.1 Å². The standard InChI is InChI=1S/C25H28FN3O2/c26-18-8-9-23-21(11-18)17(13-28-23)3-2-10-29(14-16-6-7-16)19-12-22-20(25(27)30)4-1-5-24(22)31-15-19/h1,4-5,8-9,11,13,16,19,28H,2-3,6-7,10,12,14-15H2,(H2,27,30). The van der Waals surface area contributed by atoms with Gasteiger partial charge < -0.3 is 15.5 Å². The Balaban J connectivity index is 1.29. The third-order valence-corrected chi connectivity index (χ3v) is 6.60. The molecular weight excluding hydrogens is 393 g/mol. The lowest BCUT2D eigenvalue weighted by Gasteiger charge is -2.36. The van der Waals surface area contributed by atoms with Crippen LogP contribution in [0.25, 0.3) is 10.9 Å². The molecule has 0 radical (unpaired) electrons. The van der Waals surface area contributed by atoms with E-state index in [2.05, 4.69) is 9.88 Å². The van der Waals surface area contributed by atoms with E-state index in [-0.39, 0.29) is 11.9 Å². The molecule has 0 bridgehead atoms. The maximum atomic E-state index is 13.7. The van der Waals surface area contributed by atoms with Gasteiger partial charge in [0.05, 0.1) is 0 Å². The number of benzene rings is 2. The molecule has 31 heavy (non-hydrogen) atoms. The molecule has 1 atom stereocenters. The van der Waals surface area contributed by atoms with Gasteiger partial charge in [-0.1, -0.05) is 6.07 Å². The molecule has 0 spiro atoms. The van der Waals surface area contributed by atoms with Crippen LogP contribution in [-0.2, 0) is 12.8 Å². The highest BCUT2D eigenvalue weighted by molar-refractivity contribution is 5.95. The van der Waals surface area contributed by atoms with Crippen molar-refractivity contribution in [1.29, 1.82) is 0 Å². The van der Waals surface area contributed by atoms with Crippen LogP contribution in [0, 0.1) is 11.7 Å². The molecule has 1 aliphatic carbocycles. The lowest BCUT2D eigenvalue weighted by Crippen LogP contribution is -2.45. The van der Waals surface area contributed by atoms with E-state index in [0.717, 1.165) is 66.0 Å². The molecule has 2 heterocycles. The van der Waals surface area contributed by atoms with Crippen molar-refractivity contribution >= 4 is 16.8 Å². The van der Waals surface area contributed by atoms with Crippen LogP contribution in [0.4, 0.5) is 4.39 Å². The molecule has 1 amide bonds. The second-order valence-corrected chi connectivity index (χ2v) is 8.86. The molecule has 2 aromatic carbocycles. The Bertz CT molecular complexity index is 1110. The number of primary amides is 1. The van der Waals surface area contributed by atoms with Gasteiger partial charge in [-0.3, -0.25) is 9.69 Å². The number of aryl methyl sites for hydroxylation is 1. The molecule has 6 heteroatoms. The number of halogens is 1. The summed E-state index contributed by atoms with van der Waals surface area (Å²) in [6.07, 6.45) is 7.22. The van der Waals surface area contributed by atoms with Crippen LogP contribution in [0.5, 0.6) is 5.75 Å². The molecule has 1 unspecified atom stereocenters. The number of hydrogen-bond donors (Lipinski definition) is 2. The maximum Gasteiger partial charge on any atom is 0.249 e. The van der Waals surface area contributed by atoms with E-state index in [4.69, 9.17) is 10.5 Å². The molecule has 1 aromatic heterocycles. The number of rotatable bonds is 8. The van der Waals surface area contributed by atoms with Gasteiger partial charge in [-0.2, -0.15) is 0 Å². The summed E-state index contributed by atoms with van der Waals surface area (Å²) in [4.78, 5) is 17.7. The molecular formula is C25H28FN3O2. The Labute approximate surface area is 181 Å². The maximum absolute atomic E-state index is 13.7. The van der Waals surface area contributed by atoms with Crippen molar-refractivity contribution in [2.24, 2.45) is 11.7 Å². The van der Waals surface area contributed by atoms with Crippen LogP contribution in [-0.4, -0.2) is 41.5 Å². The van der Waals surface area contributed by atoms with Crippen LogP contribution in [0.3, 0.4) is 0 Å². The minimum atomic E-state index is -0.401. The van der Waals surface area contributed by atoms with Crippen molar-refractivity contribution in [2.75, 3.05) is 19.7 Å². The van der Waals surface area contributed by atoms with Crippen LogP contribution in [0.1, 0.15) is 40.7 Å². The predicted molar refractivity (Wildman–Crippen MR) is 119 cm³/mol. The predicted octanol–water partition coefficient (Wildman–Crippen LogP) is 4.05. The Morgan fingerprint density at radius 2 is 2.13 bits per heavy atom. The number of H-pyrrole nitrogens is 1. The zero-order chi connectivity index (χ0) is 21.4. The number of ether oxygens (including phenoxy) is 1. The van der Waals surface area contributed by atoms with E-state index in [1.165, 1.54) is 18.9 Å². The number of fused-ring (bicyclic) bond motifs is 2. The first-order valence-corrected chi connectivity index (χ1v) is 11.1. The third-order valence-electron chi connectivity index (χ3n) is 6.60. The lowest BCUT2D eigenvalue weighted by molar-refractivity contribution is 0.0984. The second kappa shape index (κ2) is 8.35. The Morgan fingerprint density at radius 1 is 1.26 bits per heavy atom. The van der Waals surface area contributed by atoms with Gasteiger partial charge in [0.15, 0.2) is 0 Å². The van der Waals surface area contributed by atoms with E-state index < -0.39 is 5.91 Å². The minimum Gasteiger partial charge on any atom is -0.492 e. The van der Waals surface area contributed by atoms with Gasteiger partial charge in [-0.05, 0) is 80.5 Å². The average molecular weight is 422 g/mol. The molecule has 1 fully saturated rings. The summed E-state index contributed by atoms with van der Waals surface area (Å²) in [5, 5.41) is 0.967. The van der Waals surface area contributed by atoms with E-state index in [1.807, 2.05) is 18.3 Å². The Kier molecular flexibility index (Phi) is 5.40. The molecule has 3 N–H and O–H groups in total. The summed E-state index contributed by atoms with van der Waals surface area (Å²) in [6.45, 7) is 2.63. The zero-order valence-electron chi connectivity index (χ0n) is 17.6. The first kappa shape index (κ1) is 20.1. The Morgan fingerprint density at radius 3 is 2.94 bits per heavy atom. The van der Waals surface area contributed by atoms with Crippen LogP contribution < -0.4 is 10.5 Å². The molecule has 1 aliphatic heterocycles. The average Bonchev–Trinajstić information content (AvgIpc) is 3.51. The first-order valence-electron chi connectivity index (χ1n) is 11.1. The summed E-state index contributed by atoms with van der Waals surface area (Å²) >= 11 is 0. The topological polar surface area (TPSA) is 71.4 Å². The van der Waals surface area contributed by atoms with Crippen molar-refractivity contribution in [3.63, 3.8) is 0 Å². The number of hydrogen-bond acceptors (Lipinski definition) is 3. The monoisotopic (exact) mass is 421 g/mol. The van der Waals surface area contributed by atoms with E-state index in [1.54, 1.807) is 18.2 Å². The molecule has 3 aromatic rings. The molecule has 1 saturated carbocycles. The summed E-state index contributed by atoms with van der Waals surface area (Å²) in [5.41, 5.74) is 9.23. The van der Waals surface area contributed by atoms with Gasteiger partial charge in [0.25, 0.3) is 0 Å². The highest BCUT2D eigenvalue weighted by Crippen LogP contribution is 2.34. The molecule has 5 nitrogen and oxygen atoms in total. The van der Waals surface area contributed by atoms with Gasteiger partial charge in [0, 0.05) is 40.8 Å². The number of amides is 1. The fraction of sp³-hybridized carbons (Fsp3) is 0.400. The van der Waals surface area contributed by atoms with Crippen molar-refractivity contribution in [2.45, 2.75) is 38.1 Å². The molecule has 0 saturated heterocycles. The van der Waals surface area contributed by atoms with Gasteiger partial charge in [0.2, 0.25) is 5.91 Å². The fourth-order valence-corrected chi connectivity index (χ4v) is 4.74. The van der Waals surface area contributed by atoms with Crippen LogP contribution in [0.15, 0.2) is 42.6 Å². The van der Waals surface area contributed by atoms with Gasteiger partial charge in [-0.15, -0.1) is 0 Å². The summed E-state index contributed by atoms with van der Waals surface area (Å²) < 4.78 is 19.7. The van der Waals surface area contributed by atoms with Crippen molar-refractivity contribution < 1.29 is 13.9 Å². The van der Waals surface area contributed by atoms with Crippen LogP contribution in [0.2, 0.25) is 0 Å². The minimum absolute atomic E-state index is 0.202. The summed E-state index contributed by atoms with van der Waals surface area (Å²) in [6, 6.07) is 10.6. The second-order valence-electron chi connectivity index (χ2n) is 8.86.